The van der Waals surface area contributed by atoms with Crippen molar-refractivity contribution in [2.45, 2.75) is 69.7 Å². The first-order valence-electron chi connectivity index (χ1n) is 16.5. The van der Waals surface area contributed by atoms with Gasteiger partial charge in [-0.05, 0) is 48.9 Å². The summed E-state index contributed by atoms with van der Waals surface area (Å²) in [6.07, 6.45) is 1.08. The average molecular weight is 722 g/mol. The summed E-state index contributed by atoms with van der Waals surface area (Å²) in [4.78, 5) is 44.1. The van der Waals surface area contributed by atoms with Crippen LogP contribution in [0.4, 0.5) is 4.79 Å². The number of aliphatic imine (C=N–C) groups is 1. The summed E-state index contributed by atoms with van der Waals surface area (Å²) in [5.41, 5.74) is 8.39. The number of hydrogen-bond acceptors (Lipinski definition) is 8. The summed E-state index contributed by atoms with van der Waals surface area (Å²) in [5, 5.41) is 20.1. The van der Waals surface area contributed by atoms with Crippen molar-refractivity contribution in [2.75, 3.05) is 13.6 Å². The highest BCUT2D eigenvalue weighted by atomic mass is 32.2. The highest BCUT2D eigenvalue weighted by Gasteiger charge is 2.30. The van der Waals surface area contributed by atoms with Gasteiger partial charge in [-0.2, -0.15) is 0 Å². The monoisotopic (exact) mass is 721 g/mol. The number of carbonyl (C=O) groups is 3. The van der Waals surface area contributed by atoms with Gasteiger partial charge in [0.05, 0.1) is 4.90 Å². The Hall–Kier alpha value is -5.44. The minimum absolute atomic E-state index is 0.0145. The minimum atomic E-state index is -3.96. The van der Waals surface area contributed by atoms with E-state index in [-0.39, 0.29) is 42.8 Å². The first-order valence-corrected chi connectivity index (χ1v) is 18.0. The molecule has 0 fully saturated rings. The van der Waals surface area contributed by atoms with Gasteiger partial charge in [0.1, 0.15) is 31.8 Å². The fraction of sp³-hybridized carbons (Fsp3) is 0.361. The molecule has 3 atom stereocenters. The van der Waals surface area contributed by atoms with Gasteiger partial charge in [-0.3, -0.25) is 14.6 Å². The maximum atomic E-state index is 13.6. The molecular formula is C36H47N7O7S. The maximum absolute atomic E-state index is 13.6. The maximum Gasteiger partial charge on any atom is 0.408 e. The van der Waals surface area contributed by atoms with Crippen molar-refractivity contribution in [3.63, 3.8) is 0 Å². The summed E-state index contributed by atoms with van der Waals surface area (Å²) in [6, 6.07) is 21.7. The van der Waals surface area contributed by atoms with Gasteiger partial charge in [-0.15, -0.1) is 0 Å². The molecule has 0 aliphatic rings. The van der Waals surface area contributed by atoms with Crippen LogP contribution in [0.1, 0.15) is 43.4 Å². The van der Waals surface area contributed by atoms with Crippen LogP contribution in [0.5, 0.6) is 0 Å². The molecule has 0 aliphatic carbocycles. The van der Waals surface area contributed by atoms with Crippen LogP contribution in [-0.4, -0.2) is 75.0 Å². The predicted molar refractivity (Wildman–Crippen MR) is 195 cm³/mol. The lowest BCUT2D eigenvalue weighted by atomic mass is 10.0. The molecule has 51 heavy (non-hydrogen) atoms. The molecule has 274 valence electrons. The van der Waals surface area contributed by atoms with E-state index < -0.39 is 46.1 Å². The quantitative estimate of drug-likeness (QED) is 0.0349. The molecule has 0 radical (unpaired) electrons. The van der Waals surface area contributed by atoms with E-state index in [0.29, 0.717) is 11.2 Å². The van der Waals surface area contributed by atoms with Crippen LogP contribution < -0.4 is 26.4 Å². The highest BCUT2D eigenvalue weighted by molar-refractivity contribution is 7.90. The zero-order chi connectivity index (χ0) is 37.4. The molecular weight excluding hydrogens is 675 g/mol. The van der Waals surface area contributed by atoms with Crippen molar-refractivity contribution in [3.05, 3.63) is 107 Å². The second kappa shape index (κ2) is 19.7. The molecule has 14 nitrogen and oxygen atoms in total. The van der Waals surface area contributed by atoms with Gasteiger partial charge in [-0.25, -0.2) is 22.7 Å². The lowest BCUT2D eigenvalue weighted by Gasteiger charge is -2.26. The van der Waals surface area contributed by atoms with Crippen LogP contribution in [0, 0.1) is 18.0 Å². The molecule has 1 unspecified atom stereocenters. The summed E-state index contributed by atoms with van der Waals surface area (Å²) in [6.45, 7) is 5.33. The number of hydroxylamine groups is 1. The van der Waals surface area contributed by atoms with Gasteiger partial charge < -0.3 is 31.6 Å². The molecule has 0 aromatic heterocycles. The van der Waals surface area contributed by atoms with Crippen LogP contribution in [-0.2, 0) is 37.4 Å². The van der Waals surface area contributed by atoms with Gasteiger partial charge in [-0.1, -0.05) is 92.2 Å². The van der Waals surface area contributed by atoms with E-state index in [0.717, 1.165) is 16.7 Å². The molecule has 3 aromatic rings. The summed E-state index contributed by atoms with van der Waals surface area (Å²) in [5.74, 6) is -1.87. The first-order chi connectivity index (χ1) is 24.2. The Morgan fingerprint density at radius 2 is 1.51 bits per heavy atom. The average Bonchev–Trinajstić information content (AvgIpc) is 3.07. The lowest BCUT2D eigenvalue weighted by molar-refractivity contribution is -0.419. The Kier molecular flexibility index (Phi) is 15.4. The third kappa shape index (κ3) is 14.1. The Balaban J connectivity index is 1.70. The summed E-state index contributed by atoms with van der Waals surface area (Å²) < 4.78 is 33.5. The largest absolute Gasteiger partial charge is 0.624 e. The van der Waals surface area contributed by atoms with Gasteiger partial charge in [0.25, 0.3) is 10.0 Å². The van der Waals surface area contributed by atoms with Crippen LogP contribution in [0.3, 0.4) is 0 Å². The fourth-order valence-corrected chi connectivity index (χ4v) is 5.89. The number of amides is 3. The number of aryl methyl sites for hydroxylation is 1. The first kappa shape index (κ1) is 40.0. The second-order valence-electron chi connectivity index (χ2n) is 12.3. The number of nitrogens with two attached hydrogens (primary N) is 1. The van der Waals surface area contributed by atoms with Gasteiger partial charge in [0.2, 0.25) is 17.8 Å². The van der Waals surface area contributed by atoms with Crippen molar-refractivity contribution in [1.29, 1.82) is 0 Å². The minimum Gasteiger partial charge on any atom is -0.624 e. The molecule has 3 amide bonds. The zero-order valence-corrected chi connectivity index (χ0v) is 30.1. The number of benzene rings is 3. The standard InChI is InChI=1S/C36H47N7O7S/c1-25(2)32(34(45)39-29(23-43(4)47)22-27-12-7-5-8-13-27)41-33(44)31(40-36(46)50-24-28-14-9-6-10-15-28)16-11-21-38-35(37)42-51(48,49)30-19-17-26(3)18-20-30/h5-10,12-15,17-20,23,25,29,31-32H,11,16,21-22,24H2,1-4H3,(H,39,45)(H,40,46)(H,41,44)(H3,37,38,42)/b43-23+/t29?,31-,32-/m0/s1. The third-order valence-corrected chi connectivity index (χ3v) is 8.96. The van der Waals surface area contributed by atoms with E-state index in [2.05, 4.69) is 25.7 Å². The topological polar surface area (TPSA) is 207 Å². The van der Waals surface area contributed by atoms with E-state index >= 15 is 0 Å². The van der Waals surface area contributed by atoms with Crippen molar-refractivity contribution in [2.24, 2.45) is 16.6 Å². The van der Waals surface area contributed by atoms with Crippen LogP contribution in [0.25, 0.3) is 0 Å². The van der Waals surface area contributed by atoms with Crippen LogP contribution in [0.15, 0.2) is 94.8 Å². The van der Waals surface area contributed by atoms with Crippen molar-refractivity contribution < 1.29 is 32.3 Å². The molecule has 0 spiro atoms. The SMILES string of the molecule is Cc1ccc(S(=O)(=O)NC(N)=NCCC[C@H](NC(=O)OCc2ccccc2)C(=O)N[C@H](C(=O)NC(/C=[N+](\C)[O-])Cc2ccccc2)C(C)C)cc1. The van der Waals surface area contributed by atoms with Gasteiger partial charge >= 0.3 is 6.09 Å². The molecule has 0 bridgehead atoms. The van der Waals surface area contributed by atoms with E-state index in [1.807, 2.05) is 43.3 Å². The molecule has 0 saturated heterocycles. The Bertz CT molecular complexity index is 1750. The van der Waals surface area contributed by atoms with E-state index in [4.69, 9.17) is 10.5 Å². The number of nitrogens with one attached hydrogen (secondary N) is 4. The molecule has 3 rings (SSSR count). The number of ether oxygens (including phenoxy) is 1. The van der Waals surface area contributed by atoms with E-state index in [9.17, 15) is 28.0 Å². The lowest BCUT2D eigenvalue weighted by Crippen LogP contribution is -2.57. The predicted octanol–water partition coefficient (Wildman–Crippen LogP) is 2.74. The number of nitrogens with zero attached hydrogens (tertiary/aromatic N) is 2. The molecule has 0 heterocycles. The fourth-order valence-electron chi connectivity index (χ4n) is 4.94. The molecule has 3 aromatic carbocycles. The van der Waals surface area contributed by atoms with Crippen molar-refractivity contribution in [1.82, 2.24) is 20.7 Å². The summed E-state index contributed by atoms with van der Waals surface area (Å²) in [7, 11) is -2.64. The van der Waals surface area contributed by atoms with Crippen LogP contribution in [0.2, 0.25) is 0 Å². The number of alkyl carbamates (subject to hydrolysis) is 1. The summed E-state index contributed by atoms with van der Waals surface area (Å²) >= 11 is 0. The van der Waals surface area contributed by atoms with Crippen molar-refractivity contribution in [3.8, 4) is 0 Å². The normalized spacial score (nSPS) is 13.8. The number of hydrogen-bond donors (Lipinski definition) is 5. The number of sulfonamides is 1. The Morgan fingerprint density at radius 1 is 0.902 bits per heavy atom. The Labute approximate surface area is 299 Å². The highest BCUT2D eigenvalue weighted by Crippen LogP contribution is 2.11. The number of guanidine groups is 1. The van der Waals surface area contributed by atoms with Gasteiger partial charge in [0.15, 0.2) is 6.21 Å². The van der Waals surface area contributed by atoms with Crippen molar-refractivity contribution >= 4 is 40.1 Å². The van der Waals surface area contributed by atoms with E-state index in [1.54, 1.807) is 50.2 Å². The second-order valence-corrected chi connectivity index (χ2v) is 14.0. The molecule has 6 N–H and O–H groups in total. The van der Waals surface area contributed by atoms with Crippen LogP contribution >= 0.6 is 0 Å². The van der Waals surface area contributed by atoms with E-state index in [1.165, 1.54) is 25.4 Å². The molecule has 0 saturated carbocycles. The third-order valence-electron chi connectivity index (χ3n) is 7.59. The Morgan fingerprint density at radius 3 is 2.10 bits per heavy atom. The zero-order valence-electron chi connectivity index (χ0n) is 29.2. The molecule has 0 aliphatic heterocycles. The number of carbonyl (C=O) groups excluding carboxylic acids is 3. The number of rotatable bonds is 17. The van der Waals surface area contributed by atoms with Gasteiger partial charge in [0, 0.05) is 13.0 Å². The molecule has 15 heteroatoms. The smallest absolute Gasteiger partial charge is 0.408 e.